The van der Waals surface area contributed by atoms with Gasteiger partial charge in [0, 0.05) is 6.54 Å². The van der Waals surface area contributed by atoms with Crippen LogP contribution in [0.4, 0.5) is 4.79 Å². The van der Waals surface area contributed by atoms with Crippen molar-refractivity contribution in [2.45, 2.75) is 19.9 Å². The maximum Gasteiger partial charge on any atom is 0.323 e. The van der Waals surface area contributed by atoms with Crippen molar-refractivity contribution in [3.63, 3.8) is 0 Å². The van der Waals surface area contributed by atoms with E-state index in [1.165, 1.54) is 6.92 Å². The highest BCUT2D eigenvalue weighted by atomic mass is 16.4. The van der Waals surface area contributed by atoms with Crippen molar-refractivity contribution < 1.29 is 19.5 Å². The number of carbonyl (C=O) groups is 3. The van der Waals surface area contributed by atoms with Gasteiger partial charge < -0.3 is 21.1 Å². The molecule has 0 aromatic rings. The van der Waals surface area contributed by atoms with Crippen LogP contribution in [0.3, 0.4) is 0 Å². The molecule has 3 amide bonds. The molecule has 4 N–H and O–H groups in total. The van der Waals surface area contributed by atoms with E-state index < -0.39 is 30.5 Å². The van der Waals surface area contributed by atoms with Crippen LogP contribution in [0.1, 0.15) is 13.8 Å². The fourth-order valence-electron chi connectivity index (χ4n) is 0.838. The summed E-state index contributed by atoms with van der Waals surface area (Å²) in [7, 11) is 0. The van der Waals surface area contributed by atoms with E-state index in [0.717, 1.165) is 4.90 Å². The third-order valence-corrected chi connectivity index (χ3v) is 1.76. The largest absolute Gasteiger partial charge is 0.480 e. The number of nitrogens with two attached hydrogens (primary N) is 1. The van der Waals surface area contributed by atoms with E-state index >= 15 is 0 Å². The molecule has 0 saturated heterocycles. The van der Waals surface area contributed by atoms with Crippen LogP contribution in [0.2, 0.25) is 0 Å². The Morgan fingerprint density at radius 1 is 1.47 bits per heavy atom. The highest BCUT2D eigenvalue weighted by Gasteiger charge is 2.18. The van der Waals surface area contributed by atoms with E-state index in [2.05, 4.69) is 5.32 Å². The highest BCUT2D eigenvalue weighted by molar-refractivity contribution is 5.86. The highest BCUT2D eigenvalue weighted by Crippen LogP contribution is 1.91. The number of amides is 3. The molecule has 0 fully saturated rings. The van der Waals surface area contributed by atoms with E-state index in [4.69, 9.17) is 10.8 Å². The van der Waals surface area contributed by atoms with Crippen molar-refractivity contribution in [1.82, 2.24) is 10.2 Å². The molecule has 0 radical (unpaired) electrons. The predicted octanol–water partition coefficient (Wildman–Crippen LogP) is -1.02. The molecule has 0 spiro atoms. The number of hydrogen-bond acceptors (Lipinski definition) is 3. The Morgan fingerprint density at radius 2 is 2.00 bits per heavy atom. The third-order valence-electron chi connectivity index (χ3n) is 1.76. The van der Waals surface area contributed by atoms with Gasteiger partial charge in [-0.1, -0.05) is 0 Å². The molecule has 7 heteroatoms. The van der Waals surface area contributed by atoms with Crippen LogP contribution in [0, 0.1) is 0 Å². The Balaban J connectivity index is 4.27. The summed E-state index contributed by atoms with van der Waals surface area (Å²) in [6.07, 6.45) is 0. The molecule has 0 aliphatic carbocycles. The molecule has 7 nitrogen and oxygen atoms in total. The van der Waals surface area contributed by atoms with Crippen LogP contribution < -0.4 is 11.1 Å². The zero-order valence-corrected chi connectivity index (χ0v) is 8.69. The molecule has 0 aromatic carbocycles. The van der Waals surface area contributed by atoms with Crippen molar-refractivity contribution in [3.8, 4) is 0 Å². The van der Waals surface area contributed by atoms with Crippen LogP contribution in [-0.2, 0) is 9.59 Å². The van der Waals surface area contributed by atoms with Crippen molar-refractivity contribution >= 4 is 17.9 Å². The number of carboxylic acids is 1. The second-order valence-corrected chi connectivity index (χ2v) is 2.98. The molecular weight excluding hydrogens is 202 g/mol. The molecule has 15 heavy (non-hydrogen) atoms. The lowest BCUT2D eigenvalue weighted by molar-refractivity contribution is -0.137. The van der Waals surface area contributed by atoms with E-state index in [9.17, 15) is 14.4 Å². The second-order valence-electron chi connectivity index (χ2n) is 2.98. The van der Waals surface area contributed by atoms with Gasteiger partial charge in [-0.15, -0.1) is 0 Å². The van der Waals surface area contributed by atoms with Crippen molar-refractivity contribution in [1.29, 1.82) is 0 Å². The number of urea groups is 1. The molecule has 0 rings (SSSR count). The normalized spacial score (nSPS) is 11.6. The lowest BCUT2D eigenvalue weighted by atomic mass is 10.3. The Morgan fingerprint density at radius 3 is 2.33 bits per heavy atom. The number of rotatable bonds is 5. The minimum Gasteiger partial charge on any atom is -0.480 e. The average Bonchev–Trinajstić information content (AvgIpc) is 2.13. The Hall–Kier alpha value is -1.79. The summed E-state index contributed by atoms with van der Waals surface area (Å²) in [5, 5.41) is 10.8. The summed E-state index contributed by atoms with van der Waals surface area (Å²) in [4.78, 5) is 33.4. The number of carboxylic acid groups (broad SMARTS) is 1. The van der Waals surface area contributed by atoms with E-state index in [-0.39, 0.29) is 6.54 Å². The first kappa shape index (κ1) is 13.2. The maximum absolute atomic E-state index is 11.4. The first-order valence-corrected chi connectivity index (χ1v) is 4.45. The standard InChI is InChI=1S/C8H15N3O4/c1-3-11(4-6(12)13)8(15)10-5(2)7(9)14/h5H,3-4H2,1-2H3,(H2,9,14)(H,10,15)(H,12,13). The molecule has 86 valence electrons. The first-order valence-electron chi connectivity index (χ1n) is 4.45. The van der Waals surface area contributed by atoms with Crippen molar-refractivity contribution in [2.75, 3.05) is 13.1 Å². The lowest BCUT2D eigenvalue weighted by Crippen LogP contribution is -2.49. The lowest BCUT2D eigenvalue weighted by Gasteiger charge is -2.20. The summed E-state index contributed by atoms with van der Waals surface area (Å²) in [6.45, 7) is 2.89. The van der Waals surface area contributed by atoms with Gasteiger partial charge in [0.2, 0.25) is 5.91 Å². The van der Waals surface area contributed by atoms with Gasteiger partial charge in [0.1, 0.15) is 12.6 Å². The maximum atomic E-state index is 11.4. The van der Waals surface area contributed by atoms with E-state index in [1.54, 1.807) is 6.92 Å². The zero-order valence-electron chi connectivity index (χ0n) is 8.69. The average molecular weight is 217 g/mol. The smallest absolute Gasteiger partial charge is 0.323 e. The minimum atomic E-state index is -1.11. The number of aliphatic carboxylic acids is 1. The Kier molecular flexibility index (Phi) is 5.14. The minimum absolute atomic E-state index is 0.240. The van der Waals surface area contributed by atoms with Crippen LogP contribution in [0.5, 0.6) is 0 Å². The second kappa shape index (κ2) is 5.84. The van der Waals surface area contributed by atoms with E-state index in [1.807, 2.05) is 0 Å². The number of nitrogens with zero attached hydrogens (tertiary/aromatic N) is 1. The van der Waals surface area contributed by atoms with Gasteiger partial charge in [-0.05, 0) is 13.8 Å². The number of carbonyl (C=O) groups excluding carboxylic acids is 2. The van der Waals surface area contributed by atoms with Crippen LogP contribution >= 0.6 is 0 Å². The van der Waals surface area contributed by atoms with Gasteiger partial charge in [0.15, 0.2) is 0 Å². The number of primary amides is 1. The number of hydrogen-bond donors (Lipinski definition) is 3. The van der Waals surface area contributed by atoms with Crippen LogP contribution in [-0.4, -0.2) is 47.0 Å². The van der Waals surface area contributed by atoms with Crippen LogP contribution in [0.15, 0.2) is 0 Å². The summed E-state index contributed by atoms with van der Waals surface area (Å²) >= 11 is 0. The van der Waals surface area contributed by atoms with Crippen LogP contribution in [0.25, 0.3) is 0 Å². The quantitative estimate of drug-likeness (QED) is 0.546. The third kappa shape index (κ3) is 4.84. The molecule has 0 aromatic heterocycles. The molecule has 0 bridgehead atoms. The van der Waals surface area contributed by atoms with Crippen molar-refractivity contribution in [2.24, 2.45) is 5.73 Å². The SMILES string of the molecule is CCN(CC(=O)O)C(=O)NC(C)C(N)=O. The Bertz CT molecular complexity index is 267. The molecule has 1 atom stereocenters. The molecule has 0 heterocycles. The molecule has 0 aliphatic heterocycles. The van der Waals surface area contributed by atoms with Gasteiger partial charge >= 0.3 is 12.0 Å². The molecule has 0 saturated carbocycles. The zero-order chi connectivity index (χ0) is 12.0. The summed E-state index contributed by atoms with van der Waals surface area (Å²) < 4.78 is 0. The van der Waals surface area contributed by atoms with Gasteiger partial charge in [-0.25, -0.2) is 4.79 Å². The van der Waals surface area contributed by atoms with Gasteiger partial charge in [-0.3, -0.25) is 9.59 Å². The Labute approximate surface area is 87.2 Å². The molecule has 1 unspecified atom stereocenters. The number of likely N-dealkylation sites (N-methyl/N-ethyl adjacent to an activating group) is 1. The number of nitrogens with one attached hydrogen (secondary N) is 1. The topological polar surface area (TPSA) is 113 Å². The summed E-state index contributed by atoms with van der Waals surface area (Å²) in [6, 6.07) is -1.44. The summed E-state index contributed by atoms with van der Waals surface area (Å²) in [5.41, 5.74) is 4.94. The fourth-order valence-corrected chi connectivity index (χ4v) is 0.838. The predicted molar refractivity (Wildman–Crippen MR) is 52.1 cm³/mol. The van der Waals surface area contributed by atoms with Gasteiger partial charge in [0.25, 0.3) is 0 Å². The molecular formula is C8H15N3O4. The van der Waals surface area contributed by atoms with Crippen molar-refractivity contribution in [3.05, 3.63) is 0 Å². The molecule has 0 aliphatic rings. The monoisotopic (exact) mass is 217 g/mol. The fraction of sp³-hybridized carbons (Fsp3) is 0.625. The van der Waals surface area contributed by atoms with E-state index in [0.29, 0.717) is 0 Å². The summed E-state index contributed by atoms with van der Waals surface area (Å²) in [5.74, 6) is -1.78. The van der Waals surface area contributed by atoms with Gasteiger partial charge in [-0.2, -0.15) is 0 Å². The first-order chi connectivity index (χ1) is 6.88. The van der Waals surface area contributed by atoms with Gasteiger partial charge in [0.05, 0.1) is 0 Å².